The molecule has 0 spiro atoms. The molecule has 0 fully saturated rings. The summed E-state index contributed by atoms with van der Waals surface area (Å²) in [6.07, 6.45) is 3.09. The number of hydrogen-bond donors (Lipinski definition) is 4. The molecule has 2 aromatic carbocycles. The Morgan fingerprint density at radius 2 is 1.97 bits per heavy atom. The van der Waals surface area contributed by atoms with E-state index in [0.717, 1.165) is 5.69 Å². The Balaban J connectivity index is 1.42. The number of aromatic nitrogens is 5. The minimum atomic E-state index is -0.299. The van der Waals surface area contributed by atoms with Crippen LogP contribution in [0.5, 0.6) is 5.88 Å². The Kier molecular flexibility index (Phi) is 5.91. The van der Waals surface area contributed by atoms with Gasteiger partial charge >= 0.3 is 0 Å². The average molecular weight is 482 g/mol. The van der Waals surface area contributed by atoms with Crippen LogP contribution in [-0.4, -0.2) is 48.0 Å². The van der Waals surface area contributed by atoms with Gasteiger partial charge in [-0.1, -0.05) is 12.1 Å². The second-order valence-electron chi connectivity index (χ2n) is 8.20. The molecule has 0 unspecified atom stereocenters. The number of nitrogens with one attached hydrogen (secondary N) is 3. The molecular formula is C26H23N7O3. The van der Waals surface area contributed by atoms with Gasteiger partial charge in [-0.3, -0.25) is 19.4 Å². The fraction of sp³-hybridized carbons (Fsp3) is 0.115. The van der Waals surface area contributed by atoms with Gasteiger partial charge in [-0.2, -0.15) is 10.2 Å². The van der Waals surface area contributed by atoms with Crippen molar-refractivity contribution >= 4 is 40.3 Å². The fourth-order valence-corrected chi connectivity index (χ4v) is 3.99. The summed E-state index contributed by atoms with van der Waals surface area (Å²) in [6, 6.07) is 15.3. The van der Waals surface area contributed by atoms with Crippen molar-refractivity contribution in [1.82, 2.24) is 25.0 Å². The summed E-state index contributed by atoms with van der Waals surface area (Å²) < 4.78 is 1.63. The second-order valence-corrected chi connectivity index (χ2v) is 8.20. The molecule has 3 heterocycles. The minimum absolute atomic E-state index is 0.0517. The number of amides is 1. The molecule has 0 aliphatic heterocycles. The molecule has 0 saturated heterocycles. The van der Waals surface area contributed by atoms with Gasteiger partial charge in [-0.25, -0.2) is 4.99 Å². The van der Waals surface area contributed by atoms with E-state index < -0.39 is 0 Å². The molecule has 3 aromatic heterocycles. The number of aromatic hydroxyl groups is 1. The van der Waals surface area contributed by atoms with E-state index in [9.17, 15) is 14.7 Å². The Morgan fingerprint density at radius 1 is 1.14 bits per heavy atom. The Morgan fingerprint density at radius 3 is 2.75 bits per heavy atom. The highest BCUT2D eigenvalue weighted by Crippen LogP contribution is 2.28. The largest absolute Gasteiger partial charge is 0.494 e. The van der Waals surface area contributed by atoms with Crippen LogP contribution in [0.1, 0.15) is 44.6 Å². The third-order valence-electron chi connectivity index (χ3n) is 5.72. The van der Waals surface area contributed by atoms with Gasteiger partial charge in [-0.15, -0.1) is 0 Å². The highest BCUT2D eigenvalue weighted by Gasteiger charge is 2.17. The Bertz CT molecular complexity index is 1610. The van der Waals surface area contributed by atoms with Crippen molar-refractivity contribution in [3.63, 3.8) is 0 Å². The number of rotatable bonds is 7. The number of hydrogen-bond acceptors (Lipinski definition) is 6. The molecule has 0 atom stereocenters. The summed E-state index contributed by atoms with van der Waals surface area (Å²) in [5.41, 5.74) is 3.68. The number of carbonyl (C=O) groups is 2. The molecule has 4 N–H and O–H groups in total. The van der Waals surface area contributed by atoms with Crippen LogP contribution >= 0.6 is 0 Å². The van der Waals surface area contributed by atoms with E-state index in [2.05, 4.69) is 30.6 Å². The molecule has 36 heavy (non-hydrogen) atoms. The van der Waals surface area contributed by atoms with Gasteiger partial charge in [0, 0.05) is 46.5 Å². The number of aryl methyl sites for hydroxylation is 2. The predicted octanol–water partition coefficient (Wildman–Crippen LogP) is 4.36. The van der Waals surface area contributed by atoms with Crippen LogP contribution in [0, 0.1) is 6.92 Å². The standard InChI is InChI=1S/C26H23N7O3/c1-3-33-22(11-15(2)32-33)26(36)29-18-6-4-5-16(12-18)24(34)17-7-8-21-19(13-17)20(25(35)30-21)14-27-23-9-10-28-31-23/h4-14,30,35H,3H2,1-2H3,(H,28,31)(H,29,36). The van der Waals surface area contributed by atoms with E-state index in [1.54, 1.807) is 65.5 Å². The summed E-state index contributed by atoms with van der Waals surface area (Å²) in [7, 11) is 0. The first kappa shape index (κ1) is 22.8. The van der Waals surface area contributed by atoms with Crippen molar-refractivity contribution in [1.29, 1.82) is 0 Å². The van der Waals surface area contributed by atoms with Gasteiger partial charge < -0.3 is 15.4 Å². The number of aliphatic imine (C=N–C) groups is 1. The first-order valence-corrected chi connectivity index (χ1v) is 11.3. The molecule has 1 amide bonds. The number of ketones is 1. The summed E-state index contributed by atoms with van der Waals surface area (Å²) in [5, 5.41) is 24.7. The van der Waals surface area contributed by atoms with Gasteiger partial charge in [0.05, 0.1) is 17.5 Å². The van der Waals surface area contributed by atoms with E-state index in [-0.39, 0.29) is 17.6 Å². The smallest absolute Gasteiger partial charge is 0.273 e. The number of benzene rings is 2. The number of fused-ring (bicyclic) bond motifs is 1. The molecule has 0 bridgehead atoms. The zero-order chi connectivity index (χ0) is 25.2. The van der Waals surface area contributed by atoms with E-state index >= 15 is 0 Å². The topological polar surface area (TPSA) is 141 Å². The number of carbonyl (C=O) groups excluding carboxylic acids is 2. The Hall–Kier alpha value is -4.99. The highest BCUT2D eigenvalue weighted by atomic mass is 16.3. The molecule has 0 saturated carbocycles. The zero-order valence-electron chi connectivity index (χ0n) is 19.6. The minimum Gasteiger partial charge on any atom is -0.494 e. The van der Waals surface area contributed by atoms with Crippen molar-refractivity contribution in [2.75, 3.05) is 5.32 Å². The summed E-state index contributed by atoms with van der Waals surface area (Å²) >= 11 is 0. The van der Waals surface area contributed by atoms with E-state index in [4.69, 9.17) is 0 Å². The van der Waals surface area contributed by atoms with Crippen molar-refractivity contribution in [3.05, 3.63) is 88.9 Å². The number of H-pyrrole nitrogens is 2. The average Bonchev–Trinajstić information content (AvgIpc) is 3.60. The molecule has 10 nitrogen and oxygen atoms in total. The normalized spacial score (nSPS) is 11.4. The van der Waals surface area contributed by atoms with E-state index in [1.165, 1.54) is 6.21 Å². The first-order chi connectivity index (χ1) is 17.4. The van der Waals surface area contributed by atoms with Crippen LogP contribution in [-0.2, 0) is 6.54 Å². The van der Waals surface area contributed by atoms with E-state index in [0.29, 0.717) is 51.3 Å². The van der Waals surface area contributed by atoms with Crippen LogP contribution in [0.25, 0.3) is 10.9 Å². The maximum Gasteiger partial charge on any atom is 0.273 e. The fourth-order valence-electron chi connectivity index (χ4n) is 3.99. The number of nitrogens with zero attached hydrogens (tertiary/aromatic N) is 4. The monoisotopic (exact) mass is 481 g/mol. The lowest BCUT2D eigenvalue weighted by Gasteiger charge is -2.08. The van der Waals surface area contributed by atoms with Gasteiger partial charge in [-0.05, 0) is 50.2 Å². The lowest BCUT2D eigenvalue weighted by atomic mass is 10.0. The van der Waals surface area contributed by atoms with Crippen LogP contribution in [0.4, 0.5) is 11.5 Å². The molecule has 10 heteroatoms. The van der Waals surface area contributed by atoms with Crippen molar-refractivity contribution in [2.45, 2.75) is 20.4 Å². The van der Waals surface area contributed by atoms with Crippen molar-refractivity contribution in [2.24, 2.45) is 4.99 Å². The third-order valence-corrected chi connectivity index (χ3v) is 5.72. The van der Waals surface area contributed by atoms with Gasteiger partial charge in [0.25, 0.3) is 5.91 Å². The van der Waals surface area contributed by atoms with Crippen LogP contribution < -0.4 is 5.32 Å². The maximum atomic E-state index is 13.3. The molecule has 0 aliphatic rings. The SMILES string of the molecule is CCn1nc(C)cc1C(=O)Nc1cccc(C(=O)c2ccc3[nH]c(O)c(C=Nc4ccn[nH]4)c3c2)c1. The first-order valence-electron chi connectivity index (χ1n) is 11.3. The predicted molar refractivity (Wildman–Crippen MR) is 136 cm³/mol. The molecule has 5 rings (SSSR count). The quantitative estimate of drug-likeness (QED) is 0.202. The van der Waals surface area contributed by atoms with E-state index in [1.807, 2.05) is 13.8 Å². The molecule has 0 aliphatic carbocycles. The summed E-state index contributed by atoms with van der Waals surface area (Å²) in [5.74, 6) is -0.0387. The molecule has 0 radical (unpaired) electrons. The van der Waals surface area contributed by atoms with Crippen LogP contribution in [0.15, 0.2) is 65.8 Å². The van der Waals surface area contributed by atoms with Crippen LogP contribution in [0.3, 0.4) is 0 Å². The number of anilines is 1. The highest BCUT2D eigenvalue weighted by molar-refractivity contribution is 6.13. The van der Waals surface area contributed by atoms with Crippen LogP contribution in [0.2, 0.25) is 0 Å². The lowest BCUT2D eigenvalue weighted by Crippen LogP contribution is -2.17. The Labute approximate surface area is 205 Å². The van der Waals surface area contributed by atoms with Crippen molar-refractivity contribution in [3.8, 4) is 5.88 Å². The summed E-state index contributed by atoms with van der Waals surface area (Å²) in [4.78, 5) is 33.3. The third kappa shape index (κ3) is 4.39. The lowest BCUT2D eigenvalue weighted by molar-refractivity contribution is 0.101. The maximum absolute atomic E-state index is 13.3. The molecule has 180 valence electrons. The number of aromatic amines is 2. The zero-order valence-corrected chi connectivity index (χ0v) is 19.6. The second kappa shape index (κ2) is 9.34. The molecule has 5 aromatic rings. The van der Waals surface area contributed by atoms with Gasteiger partial charge in [0.1, 0.15) is 11.5 Å². The van der Waals surface area contributed by atoms with Gasteiger partial charge in [0.2, 0.25) is 0 Å². The summed E-state index contributed by atoms with van der Waals surface area (Å²) in [6.45, 7) is 4.32. The molecular weight excluding hydrogens is 458 g/mol. The van der Waals surface area contributed by atoms with Gasteiger partial charge in [0.15, 0.2) is 11.7 Å². The van der Waals surface area contributed by atoms with Crippen molar-refractivity contribution < 1.29 is 14.7 Å².